The highest BCUT2D eigenvalue weighted by molar-refractivity contribution is 9.10. The van der Waals surface area contributed by atoms with Gasteiger partial charge in [0.25, 0.3) is 5.91 Å². The smallest absolute Gasteiger partial charge is 0.259 e. The van der Waals surface area contributed by atoms with Crippen molar-refractivity contribution < 1.29 is 4.79 Å². The molecule has 0 atom stereocenters. The summed E-state index contributed by atoms with van der Waals surface area (Å²) in [7, 11) is 1.74. The van der Waals surface area contributed by atoms with Gasteiger partial charge in [-0.15, -0.1) is 0 Å². The summed E-state index contributed by atoms with van der Waals surface area (Å²) in [6, 6.07) is 5.04. The topological polar surface area (TPSA) is 66.9 Å². The normalized spacial score (nSPS) is 10.1. The molecule has 0 radical (unpaired) electrons. The van der Waals surface area contributed by atoms with Crippen molar-refractivity contribution >= 4 is 44.9 Å². The molecule has 2 aromatic rings. The molecule has 1 aromatic carbocycles. The van der Waals surface area contributed by atoms with Crippen LogP contribution in [0.25, 0.3) is 0 Å². The Bertz CT molecular complexity index is 603. The van der Waals surface area contributed by atoms with Crippen molar-refractivity contribution in [3.63, 3.8) is 0 Å². The fraction of sp³-hybridized carbons (Fsp3) is 0.0833. The number of hydrogen-bond donors (Lipinski definition) is 2. The summed E-state index contributed by atoms with van der Waals surface area (Å²) >= 11 is 9.07. The van der Waals surface area contributed by atoms with E-state index in [0.717, 1.165) is 0 Å². The molecule has 0 aliphatic carbocycles. The fourth-order valence-corrected chi connectivity index (χ4v) is 1.86. The maximum Gasteiger partial charge on any atom is 0.259 e. The minimum atomic E-state index is -0.302. The highest BCUT2D eigenvalue weighted by Gasteiger charge is 2.12. The van der Waals surface area contributed by atoms with Gasteiger partial charge >= 0.3 is 0 Å². The van der Waals surface area contributed by atoms with Crippen molar-refractivity contribution in [3.05, 3.63) is 45.8 Å². The van der Waals surface area contributed by atoms with Gasteiger partial charge in [0.15, 0.2) is 5.82 Å². The maximum absolute atomic E-state index is 12.1. The van der Waals surface area contributed by atoms with Gasteiger partial charge in [-0.05, 0) is 34.1 Å². The molecule has 2 rings (SSSR count). The molecule has 98 valence electrons. The van der Waals surface area contributed by atoms with E-state index in [-0.39, 0.29) is 5.91 Å². The van der Waals surface area contributed by atoms with E-state index in [4.69, 9.17) is 11.6 Å². The Kier molecular flexibility index (Phi) is 4.34. The first-order chi connectivity index (χ1) is 9.10. The minimum absolute atomic E-state index is 0.302. The second kappa shape index (κ2) is 5.99. The molecule has 5 nitrogen and oxygen atoms in total. The molecule has 1 amide bonds. The van der Waals surface area contributed by atoms with Crippen molar-refractivity contribution in [2.75, 3.05) is 17.7 Å². The molecule has 0 saturated heterocycles. The molecule has 0 spiro atoms. The summed E-state index contributed by atoms with van der Waals surface area (Å²) in [5.74, 6) is 0.0682. The Hall–Kier alpha value is -1.66. The molecular formula is C12H10BrClN4O. The van der Waals surface area contributed by atoms with E-state index in [2.05, 4.69) is 36.5 Å². The number of nitrogens with zero attached hydrogens (tertiary/aromatic N) is 2. The van der Waals surface area contributed by atoms with Crippen LogP contribution < -0.4 is 10.6 Å². The van der Waals surface area contributed by atoms with Gasteiger partial charge in [-0.25, -0.2) is 9.97 Å². The third kappa shape index (κ3) is 3.42. The lowest BCUT2D eigenvalue weighted by Gasteiger charge is -2.09. The number of rotatable bonds is 3. The zero-order chi connectivity index (χ0) is 13.8. The Morgan fingerprint density at radius 1 is 1.32 bits per heavy atom. The van der Waals surface area contributed by atoms with Gasteiger partial charge in [0.2, 0.25) is 0 Å². The SMILES string of the molecule is CNc1ccc(Cl)cc1C(=O)Nc1cnc(Br)cn1. The minimum Gasteiger partial charge on any atom is -0.387 e. The van der Waals surface area contributed by atoms with Gasteiger partial charge in [0, 0.05) is 17.8 Å². The van der Waals surface area contributed by atoms with Crippen molar-refractivity contribution in [2.45, 2.75) is 0 Å². The second-order valence-electron chi connectivity index (χ2n) is 3.62. The molecule has 0 saturated carbocycles. The molecule has 19 heavy (non-hydrogen) atoms. The van der Waals surface area contributed by atoms with E-state index in [1.165, 1.54) is 12.4 Å². The van der Waals surface area contributed by atoms with E-state index < -0.39 is 0 Å². The molecule has 2 N–H and O–H groups in total. The lowest BCUT2D eigenvalue weighted by molar-refractivity contribution is 0.102. The van der Waals surface area contributed by atoms with Gasteiger partial charge in [0.05, 0.1) is 18.0 Å². The van der Waals surface area contributed by atoms with Crippen LogP contribution in [0.2, 0.25) is 5.02 Å². The molecule has 0 aliphatic rings. The molecule has 0 fully saturated rings. The lowest BCUT2D eigenvalue weighted by Crippen LogP contribution is -2.15. The number of halogens is 2. The Balaban J connectivity index is 2.24. The average molecular weight is 342 g/mol. The number of benzene rings is 1. The number of carbonyl (C=O) groups excluding carboxylic acids is 1. The number of hydrogen-bond acceptors (Lipinski definition) is 4. The summed E-state index contributed by atoms with van der Waals surface area (Å²) < 4.78 is 0.601. The zero-order valence-electron chi connectivity index (χ0n) is 9.95. The van der Waals surface area contributed by atoms with Crippen LogP contribution >= 0.6 is 27.5 Å². The molecule has 1 aromatic heterocycles. The van der Waals surface area contributed by atoms with Crippen LogP contribution in [0.1, 0.15) is 10.4 Å². The van der Waals surface area contributed by atoms with Crippen molar-refractivity contribution in [2.24, 2.45) is 0 Å². The largest absolute Gasteiger partial charge is 0.387 e. The summed E-state index contributed by atoms with van der Waals surface area (Å²) in [6.07, 6.45) is 2.97. The number of aromatic nitrogens is 2. The van der Waals surface area contributed by atoms with Crippen LogP contribution in [0.15, 0.2) is 35.2 Å². The van der Waals surface area contributed by atoms with Gasteiger partial charge in [0.1, 0.15) is 4.60 Å². The molecule has 0 aliphatic heterocycles. The number of amides is 1. The van der Waals surface area contributed by atoms with Crippen molar-refractivity contribution in [1.82, 2.24) is 9.97 Å². The third-order valence-electron chi connectivity index (χ3n) is 2.36. The first-order valence-corrected chi connectivity index (χ1v) is 6.53. The van der Waals surface area contributed by atoms with Gasteiger partial charge in [-0.2, -0.15) is 0 Å². The Morgan fingerprint density at radius 2 is 2.11 bits per heavy atom. The van der Waals surface area contributed by atoms with E-state index >= 15 is 0 Å². The van der Waals surface area contributed by atoms with E-state index in [1.807, 2.05) is 0 Å². The lowest BCUT2D eigenvalue weighted by atomic mass is 10.1. The molecular weight excluding hydrogens is 332 g/mol. The maximum atomic E-state index is 12.1. The van der Waals surface area contributed by atoms with E-state index in [9.17, 15) is 4.79 Å². The van der Waals surface area contributed by atoms with Crippen LogP contribution in [-0.4, -0.2) is 22.9 Å². The van der Waals surface area contributed by atoms with Crippen LogP contribution in [0.4, 0.5) is 11.5 Å². The first-order valence-electron chi connectivity index (χ1n) is 5.36. The summed E-state index contributed by atoms with van der Waals surface area (Å²) in [5, 5.41) is 6.08. The molecule has 1 heterocycles. The average Bonchev–Trinajstić information content (AvgIpc) is 2.41. The standard InChI is InChI=1S/C12H10BrClN4O/c1-15-9-3-2-7(14)4-8(9)12(19)18-11-6-16-10(13)5-17-11/h2-6,15H,1H3,(H,17,18,19). The fourth-order valence-electron chi connectivity index (χ4n) is 1.48. The quantitative estimate of drug-likeness (QED) is 0.900. The second-order valence-corrected chi connectivity index (χ2v) is 4.87. The first kappa shape index (κ1) is 13.8. The molecule has 0 unspecified atom stereocenters. The number of nitrogens with one attached hydrogen (secondary N) is 2. The van der Waals surface area contributed by atoms with Gasteiger partial charge in [-0.3, -0.25) is 4.79 Å². The summed E-state index contributed by atoms with van der Waals surface area (Å²) in [5.41, 5.74) is 1.13. The Labute approximate surface area is 123 Å². The van der Waals surface area contributed by atoms with E-state index in [1.54, 1.807) is 25.2 Å². The van der Waals surface area contributed by atoms with Gasteiger partial charge < -0.3 is 10.6 Å². The molecule has 0 bridgehead atoms. The highest BCUT2D eigenvalue weighted by Crippen LogP contribution is 2.21. The number of carbonyl (C=O) groups is 1. The highest BCUT2D eigenvalue weighted by atomic mass is 79.9. The molecule has 7 heteroatoms. The predicted molar refractivity (Wildman–Crippen MR) is 78.7 cm³/mol. The van der Waals surface area contributed by atoms with Crippen LogP contribution in [0, 0.1) is 0 Å². The third-order valence-corrected chi connectivity index (χ3v) is 3.00. The van der Waals surface area contributed by atoms with Crippen molar-refractivity contribution in [3.8, 4) is 0 Å². The van der Waals surface area contributed by atoms with Crippen LogP contribution in [0.5, 0.6) is 0 Å². The van der Waals surface area contributed by atoms with E-state index in [0.29, 0.717) is 26.7 Å². The van der Waals surface area contributed by atoms with Crippen LogP contribution in [-0.2, 0) is 0 Å². The summed E-state index contributed by atoms with van der Waals surface area (Å²) in [4.78, 5) is 20.2. The zero-order valence-corrected chi connectivity index (χ0v) is 12.3. The number of anilines is 2. The summed E-state index contributed by atoms with van der Waals surface area (Å²) in [6.45, 7) is 0. The predicted octanol–water partition coefficient (Wildman–Crippen LogP) is 3.19. The van der Waals surface area contributed by atoms with Crippen LogP contribution in [0.3, 0.4) is 0 Å². The monoisotopic (exact) mass is 340 g/mol. The Morgan fingerprint density at radius 3 is 2.74 bits per heavy atom. The van der Waals surface area contributed by atoms with Gasteiger partial charge in [-0.1, -0.05) is 11.6 Å². The van der Waals surface area contributed by atoms with Crippen molar-refractivity contribution in [1.29, 1.82) is 0 Å².